The summed E-state index contributed by atoms with van der Waals surface area (Å²) < 4.78 is 23.3. The van der Waals surface area contributed by atoms with Gasteiger partial charge in [0.05, 0.1) is 9.92 Å². The lowest BCUT2D eigenvalue weighted by atomic mass is 10.1. The van der Waals surface area contributed by atoms with Gasteiger partial charge < -0.3 is 10.8 Å². The summed E-state index contributed by atoms with van der Waals surface area (Å²) in [4.78, 5) is 11.2. The lowest BCUT2D eigenvalue weighted by molar-refractivity contribution is -0.138. The Bertz CT molecular complexity index is 586. The molecule has 0 fully saturated rings. The first-order valence-corrected chi connectivity index (χ1v) is 8.23. The molecule has 1 aromatic rings. The van der Waals surface area contributed by atoms with Crippen LogP contribution in [-0.4, -0.2) is 32.0 Å². The highest BCUT2D eigenvalue weighted by Gasteiger charge is 2.22. The van der Waals surface area contributed by atoms with Crippen molar-refractivity contribution in [2.24, 2.45) is 5.73 Å². The molecule has 1 unspecified atom stereocenters. The molecule has 0 aliphatic carbocycles. The quantitative estimate of drug-likeness (QED) is 0.819. The van der Waals surface area contributed by atoms with Crippen LogP contribution in [0.4, 0.5) is 0 Å². The van der Waals surface area contributed by atoms with Crippen molar-refractivity contribution in [3.05, 3.63) is 22.7 Å². The molecule has 0 aliphatic rings. The van der Waals surface area contributed by atoms with Crippen molar-refractivity contribution in [1.82, 2.24) is 0 Å². The molecule has 0 saturated carbocycles. The molecular formula is C10H12ClNO4S2. The third-order valence-electron chi connectivity index (χ3n) is 2.26. The number of hydrogen-bond acceptors (Lipinski definition) is 5. The summed E-state index contributed by atoms with van der Waals surface area (Å²) in [7, 11) is -3.50. The number of rotatable bonds is 4. The topological polar surface area (TPSA) is 97.5 Å². The molecule has 0 spiro atoms. The van der Waals surface area contributed by atoms with Gasteiger partial charge in [0.1, 0.15) is 6.04 Å². The van der Waals surface area contributed by atoms with Gasteiger partial charge in [-0.25, -0.2) is 8.42 Å². The minimum Gasteiger partial charge on any atom is -0.480 e. The number of aliphatic carboxylic acids is 1. The number of benzene rings is 1. The van der Waals surface area contributed by atoms with E-state index in [9.17, 15) is 13.2 Å². The number of thioether (sulfide) groups is 1. The molecule has 0 amide bonds. The van der Waals surface area contributed by atoms with E-state index in [2.05, 4.69) is 0 Å². The van der Waals surface area contributed by atoms with Crippen molar-refractivity contribution < 1.29 is 18.3 Å². The third-order valence-corrected chi connectivity index (χ3v) is 4.77. The Hall–Kier alpha value is -0.760. The van der Waals surface area contributed by atoms with Crippen LogP contribution < -0.4 is 5.73 Å². The van der Waals surface area contributed by atoms with Crippen LogP contribution in [0.5, 0.6) is 0 Å². The Morgan fingerprint density at radius 3 is 2.44 bits per heavy atom. The van der Waals surface area contributed by atoms with Crippen LogP contribution in [0.25, 0.3) is 0 Å². The second-order valence-corrected chi connectivity index (χ2v) is 6.83. The number of halogens is 1. The van der Waals surface area contributed by atoms with Gasteiger partial charge in [-0.15, -0.1) is 11.8 Å². The first-order chi connectivity index (χ1) is 8.18. The summed E-state index contributed by atoms with van der Waals surface area (Å²) in [5, 5.41) is 9.00. The second-order valence-electron chi connectivity index (χ2n) is 3.62. The average Bonchev–Trinajstić information content (AvgIpc) is 2.25. The maximum atomic E-state index is 11.6. The average molecular weight is 310 g/mol. The van der Waals surface area contributed by atoms with Gasteiger partial charge in [-0.1, -0.05) is 11.6 Å². The van der Waals surface area contributed by atoms with Gasteiger partial charge in [-0.05, 0) is 24.0 Å². The van der Waals surface area contributed by atoms with Gasteiger partial charge in [-0.2, -0.15) is 0 Å². The molecule has 0 saturated heterocycles. The van der Waals surface area contributed by atoms with Crippen LogP contribution in [0.3, 0.4) is 0 Å². The van der Waals surface area contributed by atoms with E-state index in [1.807, 2.05) is 0 Å². The number of hydrogen-bond donors (Lipinski definition) is 2. The summed E-state index contributed by atoms with van der Waals surface area (Å²) in [6.07, 6.45) is 2.72. The van der Waals surface area contributed by atoms with Crippen LogP contribution >= 0.6 is 23.4 Å². The van der Waals surface area contributed by atoms with Crippen molar-refractivity contribution in [3.63, 3.8) is 0 Å². The van der Waals surface area contributed by atoms with E-state index in [1.54, 1.807) is 6.26 Å². The minimum absolute atomic E-state index is 0.00537. The highest BCUT2D eigenvalue weighted by Crippen LogP contribution is 2.34. The lowest BCUT2D eigenvalue weighted by Crippen LogP contribution is -2.21. The summed E-state index contributed by atoms with van der Waals surface area (Å²) in [5.41, 5.74) is 5.61. The Morgan fingerprint density at radius 1 is 1.50 bits per heavy atom. The van der Waals surface area contributed by atoms with Crippen molar-refractivity contribution in [2.45, 2.75) is 15.8 Å². The maximum Gasteiger partial charge on any atom is 0.325 e. The van der Waals surface area contributed by atoms with Gasteiger partial charge in [0.25, 0.3) is 0 Å². The first kappa shape index (κ1) is 15.3. The molecule has 0 bridgehead atoms. The highest BCUT2D eigenvalue weighted by atomic mass is 35.5. The normalized spacial score (nSPS) is 13.3. The fourth-order valence-corrected chi connectivity index (χ4v) is 3.91. The summed E-state index contributed by atoms with van der Waals surface area (Å²) >= 11 is 7.13. The van der Waals surface area contributed by atoms with Crippen molar-refractivity contribution in [1.29, 1.82) is 0 Å². The van der Waals surface area contributed by atoms with Gasteiger partial charge in [0.2, 0.25) is 0 Å². The van der Waals surface area contributed by atoms with Crippen LogP contribution in [0, 0.1) is 0 Å². The predicted octanol–water partition coefficient (Wildman–Crippen LogP) is 1.55. The van der Waals surface area contributed by atoms with E-state index in [0.717, 1.165) is 6.26 Å². The van der Waals surface area contributed by atoms with Crippen molar-refractivity contribution >= 4 is 39.2 Å². The number of carboxylic acids is 1. The first-order valence-electron chi connectivity index (χ1n) is 4.74. The summed E-state index contributed by atoms with van der Waals surface area (Å²) in [6.45, 7) is 0. The van der Waals surface area contributed by atoms with Gasteiger partial charge >= 0.3 is 5.97 Å². The standard InChI is InChI=1S/C10H12ClNO4S2/c1-17-9-6(11)3-5(8(12)10(13)14)4-7(9)18(2,15)16/h3-4,8H,12H2,1-2H3,(H,13,14). The number of nitrogens with two attached hydrogens (primary N) is 1. The van der Waals surface area contributed by atoms with Crippen LogP contribution in [0.1, 0.15) is 11.6 Å². The van der Waals surface area contributed by atoms with Crippen LogP contribution in [-0.2, 0) is 14.6 Å². The Morgan fingerprint density at radius 2 is 2.06 bits per heavy atom. The van der Waals surface area contributed by atoms with E-state index >= 15 is 0 Å². The zero-order chi connectivity index (χ0) is 14.1. The molecule has 8 heteroatoms. The van der Waals surface area contributed by atoms with E-state index in [-0.39, 0.29) is 15.5 Å². The van der Waals surface area contributed by atoms with E-state index in [4.69, 9.17) is 22.4 Å². The summed E-state index contributed by atoms with van der Waals surface area (Å²) in [5.74, 6) is -1.25. The molecular weight excluding hydrogens is 298 g/mol. The molecule has 1 atom stereocenters. The number of carboxylic acid groups (broad SMARTS) is 1. The van der Waals surface area contributed by atoms with Gasteiger partial charge in [-0.3, -0.25) is 4.79 Å². The number of carbonyl (C=O) groups is 1. The summed E-state index contributed by atoms with van der Waals surface area (Å²) in [6, 6.07) is 1.33. The molecule has 1 rings (SSSR count). The maximum absolute atomic E-state index is 11.6. The number of sulfone groups is 1. The Labute approximate surface area is 114 Å². The van der Waals surface area contributed by atoms with Crippen LogP contribution in [0.15, 0.2) is 21.9 Å². The minimum atomic E-state index is -3.50. The smallest absolute Gasteiger partial charge is 0.325 e. The molecule has 18 heavy (non-hydrogen) atoms. The Balaban J connectivity index is 3.55. The monoisotopic (exact) mass is 309 g/mol. The molecule has 0 heterocycles. The van der Waals surface area contributed by atoms with Gasteiger partial charge in [0, 0.05) is 11.2 Å². The Kier molecular flexibility index (Phi) is 4.66. The molecule has 1 aromatic carbocycles. The molecule has 0 aliphatic heterocycles. The second kappa shape index (κ2) is 5.48. The highest BCUT2D eigenvalue weighted by molar-refractivity contribution is 7.99. The lowest BCUT2D eigenvalue weighted by Gasteiger charge is -2.13. The largest absolute Gasteiger partial charge is 0.480 e. The van der Waals surface area contributed by atoms with E-state index in [1.165, 1.54) is 23.9 Å². The molecule has 5 nitrogen and oxygen atoms in total. The SMILES string of the molecule is CSc1c(Cl)cc(C(N)C(=O)O)cc1S(C)(=O)=O. The fourth-order valence-electron chi connectivity index (χ4n) is 1.38. The molecule has 3 N–H and O–H groups in total. The zero-order valence-corrected chi connectivity index (χ0v) is 12.1. The predicted molar refractivity (Wildman–Crippen MR) is 70.9 cm³/mol. The zero-order valence-electron chi connectivity index (χ0n) is 9.68. The van der Waals surface area contributed by atoms with Crippen molar-refractivity contribution in [3.8, 4) is 0 Å². The van der Waals surface area contributed by atoms with Crippen molar-refractivity contribution in [2.75, 3.05) is 12.5 Å². The molecule has 100 valence electrons. The van der Waals surface area contributed by atoms with Crippen LogP contribution in [0.2, 0.25) is 5.02 Å². The fraction of sp³-hybridized carbons (Fsp3) is 0.300. The van der Waals surface area contributed by atoms with E-state index in [0.29, 0.717) is 4.90 Å². The van der Waals surface area contributed by atoms with E-state index < -0.39 is 21.8 Å². The van der Waals surface area contributed by atoms with Gasteiger partial charge in [0.15, 0.2) is 9.84 Å². The molecule has 0 radical (unpaired) electrons. The molecule has 0 aromatic heterocycles. The third kappa shape index (κ3) is 3.17.